The molecule has 0 aromatic carbocycles. The van der Waals surface area contributed by atoms with Crippen molar-refractivity contribution < 1.29 is 17.9 Å². The Labute approximate surface area is 128 Å². The molecule has 3 heterocycles. The highest BCUT2D eigenvalue weighted by molar-refractivity contribution is 7.10. The van der Waals surface area contributed by atoms with Gasteiger partial charge in [0.15, 0.2) is 5.82 Å². The van der Waals surface area contributed by atoms with Crippen LogP contribution in [-0.2, 0) is 17.8 Å². The van der Waals surface area contributed by atoms with Crippen LogP contribution in [0.2, 0.25) is 0 Å². The maximum absolute atomic E-state index is 12.5. The largest absolute Gasteiger partial charge is 0.408 e. The van der Waals surface area contributed by atoms with Crippen molar-refractivity contribution in [3.63, 3.8) is 0 Å². The van der Waals surface area contributed by atoms with Gasteiger partial charge in [0.2, 0.25) is 0 Å². The number of aromatic nitrogens is 4. The number of hydrogen-bond donors (Lipinski definition) is 0. The van der Waals surface area contributed by atoms with Gasteiger partial charge in [-0.05, 0) is 21.9 Å². The summed E-state index contributed by atoms with van der Waals surface area (Å²) in [6, 6.07) is 3.94. The number of halogens is 3. The maximum Gasteiger partial charge on any atom is 0.408 e. The zero-order valence-corrected chi connectivity index (χ0v) is 12.3. The molecule has 0 amide bonds. The molecule has 120 valence electrons. The van der Waals surface area contributed by atoms with Crippen LogP contribution in [0.4, 0.5) is 13.2 Å². The average Bonchev–Trinajstić information content (AvgIpc) is 3.10. The van der Waals surface area contributed by atoms with E-state index >= 15 is 0 Å². The number of rotatable bonds is 4. The quantitative estimate of drug-likeness (QED) is 0.855. The van der Waals surface area contributed by atoms with Gasteiger partial charge in [0.25, 0.3) is 0 Å². The highest BCUT2D eigenvalue weighted by Gasteiger charge is 2.31. The molecule has 2 aromatic rings. The Hall–Kier alpha value is -1.52. The molecule has 1 unspecified atom stereocenters. The average molecular weight is 333 g/mol. The Bertz CT molecular complexity index is 600. The molecular formula is C12H14F3N5OS. The number of morpholine rings is 1. The number of hydrogen-bond acceptors (Lipinski definition) is 6. The first-order valence-corrected chi connectivity index (χ1v) is 7.58. The second-order valence-electron chi connectivity index (χ2n) is 4.98. The summed E-state index contributed by atoms with van der Waals surface area (Å²) >= 11 is 1.60. The standard InChI is InChI=1S/C12H14F3N5OS/c13-12(14,15)8-20-11(16-17-18-20)7-19-3-4-21-9(6-19)10-2-1-5-22-10/h1-2,5,9H,3-4,6-8H2. The molecule has 2 aromatic heterocycles. The molecule has 0 saturated carbocycles. The molecule has 0 N–H and O–H groups in total. The van der Waals surface area contributed by atoms with Crippen molar-refractivity contribution in [2.24, 2.45) is 0 Å². The van der Waals surface area contributed by atoms with E-state index < -0.39 is 12.7 Å². The van der Waals surface area contributed by atoms with Gasteiger partial charge in [-0.1, -0.05) is 6.07 Å². The molecule has 1 saturated heterocycles. The summed E-state index contributed by atoms with van der Waals surface area (Å²) in [7, 11) is 0. The monoisotopic (exact) mass is 333 g/mol. The SMILES string of the molecule is FC(F)(F)Cn1nnnc1CN1CCOC(c2cccs2)C1. The summed E-state index contributed by atoms with van der Waals surface area (Å²) in [4.78, 5) is 3.12. The van der Waals surface area contributed by atoms with Crippen LogP contribution in [0.15, 0.2) is 17.5 Å². The van der Waals surface area contributed by atoms with Gasteiger partial charge >= 0.3 is 6.18 Å². The van der Waals surface area contributed by atoms with Crippen molar-refractivity contribution in [2.75, 3.05) is 19.7 Å². The first-order chi connectivity index (χ1) is 10.5. The van der Waals surface area contributed by atoms with Crippen LogP contribution in [0.1, 0.15) is 16.8 Å². The van der Waals surface area contributed by atoms with Crippen molar-refractivity contribution in [2.45, 2.75) is 25.4 Å². The lowest BCUT2D eigenvalue weighted by atomic mass is 10.2. The maximum atomic E-state index is 12.5. The third-order valence-electron chi connectivity index (χ3n) is 3.31. The number of alkyl halides is 3. The second kappa shape index (κ2) is 6.31. The van der Waals surface area contributed by atoms with E-state index in [0.29, 0.717) is 19.7 Å². The van der Waals surface area contributed by atoms with E-state index in [1.54, 1.807) is 11.3 Å². The summed E-state index contributed by atoms with van der Waals surface area (Å²) < 4.78 is 43.9. The Morgan fingerprint density at radius 1 is 1.41 bits per heavy atom. The van der Waals surface area contributed by atoms with E-state index in [9.17, 15) is 13.2 Å². The van der Waals surface area contributed by atoms with E-state index in [0.717, 1.165) is 9.56 Å². The molecule has 3 rings (SSSR count). The zero-order valence-electron chi connectivity index (χ0n) is 11.5. The lowest BCUT2D eigenvalue weighted by Gasteiger charge is -2.32. The van der Waals surface area contributed by atoms with Gasteiger partial charge in [-0.25, -0.2) is 4.68 Å². The molecule has 22 heavy (non-hydrogen) atoms. The third-order valence-corrected chi connectivity index (χ3v) is 4.28. The predicted molar refractivity (Wildman–Crippen MR) is 72.2 cm³/mol. The minimum atomic E-state index is -4.34. The first kappa shape index (κ1) is 15.4. The van der Waals surface area contributed by atoms with E-state index in [1.165, 1.54) is 0 Å². The minimum Gasteiger partial charge on any atom is -0.370 e. The Kier molecular flexibility index (Phi) is 4.41. The Morgan fingerprint density at radius 3 is 3.00 bits per heavy atom. The fourth-order valence-electron chi connectivity index (χ4n) is 2.32. The number of nitrogens with zero attached hydrogens (tertiary/aromatic N) is 5. The molecule has 1 fully saturated rings. The minimum absolute atomic E-state index is 0.0549. The summed E-state index contributed by atoms with van der Waals surface area (Å²) in [6.45, 7) is 0.881. The molecule has 1 aliphatic heterocycles. The fourth-order valence-corrected chi connectivity index (χ4v) is 3.09. The van der Waals surface area contributed by atoms with Crippen LogP contribution in [-0.4, -0.2) is 51.0 Å². The van der Waals surface area contributed by atoms with Gasteiger partial charge in [-0.15, -0.1) is 16.4 Å². The molecule has 1 atom stereocenters. The Morgan fingerprint density at radius 2 is 2.27 bits per heavy atom. The zero-order chi connectivity index (χ0) is 15.6. The van der Waals surface area contributed by atoms with Gasteiger partial charge in [0.05, 0.1) is 13.2 Å². The number of thiophene rings is 1. The van der Waals surface area contributed by atoms with Gasteiger partial charge in [0.1, 0.15) is 12.6 Å². The predicted octanol–water partition coefficient (Wildman–Crippen LogP) is 1.87. The topological polar surface area (TPSA) is 56.1 Å². The van der Waals surface area contributed by atoms with Crippen LogP contribution < -0.4 is 0 Å². The van der Waals surface area contributed by atoms with Crippen LogP contribution >= 0.6 is 11.3 Å². The molecule has 6 nitrogen and oxygen atoms in total. The first-order valence-electron chi connectivity index (χ1n) is 6.70. The van der Waals surface area contributed by atoms with Crippen molar-refractivity contribution in [3.8, 4) is 0 Å². The van der Waals surface area contributed by atoms with Gasteiger partial charge < -0.3 is 4.74 Å². The smallest absolute Gasteiger partial charge is 0.370 e. The molecule has 0 bridgehead atoms. The molecule has 0 radical (unpaired) electrons. The van der Waals surface area contributed by atoms with Crippen LogP contribution in [0.25, 0.3) is 0 Å². The van der Waals surface area contributed by atoms with Crippen molar-refractivity contribution in [1.29, 1.82) is 0 Å². The molecule has 0 aliphatic carbocycles. The Balaban J connectivity index is 1.65. The highest BCUT2D eigenvalue weighted by atomic mass is 32.1. The molecular weight excluding hydrogens is 319 g/mol. The summed E-state index contributed by atoms with van der Waals surface area (Å²) in [5, 5.41) is 12.4. The van der Waals surface area contributed by atoms with Gasteiger partial charge in [-0.3, -0.25) is 4.90 Å². The van der Waals surface area contributed by atoms with Crippen LogP contribution in [0.5, 0.6) is 0 Å². The van der Waals surface area contributed by atoms with Crippen molar-refractivity contribution in [1.82, 2.24) is 25.1 Å². The normalized spacial score (nSPS) is 20.4. The van der Waals surface area contributed by atoms with E-state index in [-0.39, 0.29) is 18.5 Å². The van der Waals surface area contributed by atoms with Crippen molar-refractivity contribution >= 4 is 11.3 Å². The number of tetrazole rings is 1. The lowest BCUT2D eigenvalue weighted by Crippen LogP contribution is -2.38. The lowest BCUT2D eigenvalue weighted by molar-refractivity contribution is -0.143. The van der Waals surface area contributed by atoms with Crippen LogP contribution in [0, 0.1) is 0 Å². The van der Waals surface area contributed by atoms with Gasteiger partial charge in [0, 0.05) is 18.0 Å². The second-order valence-corrected chi connectivity index (χ2v) is 5.96. The van der Waals surface area contributed by atoms with Crippen molar-refractivity contribution in [3.05, 3.63) is 28.2 Å². The molecule has 10 heteroatoms. The summed E-state index contributed by atoms with van der Waals surface area (Å²) in [5.41, 5.74) is 0. The highest BCUT2D eigenvalue weighted by Crippen LogP contribution is 2.26. The summed E-state index contributed by atoms with van der Waals surface area (Å²) in [6.07, 6.45) is -4.39. The van der Waals surface area contributed by atoms with E-state index in [4.69, 9.17) is 4.74 Å². The van der Waals surface area contributed by atoms with E-state index in [2.05, 4.69) is 15.5 Å². The molecule has 1 aliphatic rings. The van der Waals surface area contributed by atoms with Crippen LogP contribution in [0.3, 0.4) is 0 Å². The van der Waals surface area contributed by atoms with Gasteiger partial charge in [-0.2, -0.15) is 13.2 Å². The molecule has 0 spiro atoms. The summed E-state index contributed by atoms with van der Waals surface area (Å²) in [5.74, 6) is 0.212. The third kappa shape index (κ3) is 3.81. The van der Waals surface area contributed by atoms with E-state index in [1.807, 2.05) is 22.4 Å². The number of ether oxygens (including phenoxy) is 1. The fraction of sp³-hybridized carbons (Fsp3) is 0.583.